The topological polar surface area (TPSA) is 29.5 Å². The van der Waals surface area contributed by atoms with Crippen LogP contribution < -0.4 is 0 Å². The quantitative estimate of drug-likeness (QED) is 0.601. The van der Waals surface area contributed by atoms with Gasteiger partial charge in [0.2, 0.25) is 0 Å². The van der Waals surface area contributed by atoms with Gasteiger partial charge in [0.05, 0.1) is 18.3 Å². The summed E-state index contributed by atoms with van der Waals surface area (Å²) in [6.07, 6.45) is 4.69. The Labute approximate surface area is 73.2 Å². The SMILES string of the molecule is CC1=CCC2CC1OC2(C)CO. The van der Waals surface area contributed by atoms with Crippen molar-refractivity contribution in [3.8, 4) is 0 Å². The maximum absolute atomic E-state index is 9.21. The molecular formula is C10H16O2. The first-order valence-corrected chi connectivity index (χ1v) is 4.61. The molecule has 1 fully saturated rings. The molecule has 0 amide bonds. The van der Waals surface area contributed by atoms with Crippen molar-refractivity contribution in [3.05, 3.63) is 11.6 Å². The van der Waals surface area contributed by atoms with Crippen LogP contribution in [0.15, 0.2) is 11.6 Å². The molecule has 2 nitrogen and oxygen atoms in total. The fraction of sp³-hybridized carbons (Fsp3) is 0.800. The highest BCUT2D eigenvalue weighted by molar-refractivity contribution is 5.16. The molecule has 1 N–H and O–H groups in total. The molecule has 2 bridgehead atoms. The number of hydrogen-bond donors (Lipinski definition) is 1. The second kappa shape index (κ2) is 2.57. The number of ether oxygens (including phenoxy) is 1. The predicted molar refractivity (Wildman–Crippen MR) is 46.8 cm³/mol. The van der Waals surface area contributed by atoms with E-state index < -0.39 is 0 Å². The van der Waals surface area contributed by atoms with E-state index in [-0.39, 0.29) is 18.3 Å². The number of hydrogen-bond acceptors (Lipinski definition) is 2. The van der Waals surface area contributed by atoms with Crippen LogP contribution in [0.3, 0.4) is 0 Å². The van der Waals surface area contributed by atoms with Gasteiger partial charge >= 0.3 is 0 Å². The van der Waals surface area contributed by atoms with Crippen LogP contribution in [0.1, 0.15) is 26.7 Å². The highest BCUT2D eigenvalue weighted by Crippen LogP contribution is 2.43. The molecule has 2 heteroatoms. The molecule has 1 aliphatic heterocycles. The lowest BCUT2D eigenvalue weighted by Gasteiger charge is -2.26. The van der Waals surface area contributed by atoms with E-state index in [1.54, 1.807) is 0 Å². The number of rotatable bonds is 1. The van der Waals surface area contributed by atoms with Gasteiger partial charge in [0.1, 0.15) is 0 Å². The highest BCUT2D eigenvalue weighted by Gasteiger charge is 2.46. The Kier molecular flexibility index (Phi) is 1.77. The van der Waals surface area contributed by atoms with Crippen molar-refractivity contribution in [2.24, 2.45) is 5.92 Å². The summed E-state index contributed by atoms with van der Waals surface area (Å²) in [4.78, 5) is 0. The van der Waals surface area contributed by atoms with Gasteiger partial charge in [-0.1, -0.05) is 6.08 Å². The Balaban J connectivity index is 2.21. The minimum absolute atomic E-state index is 0.148. The Morgan fingerprint density at radius 1 is 1.75 bits per heavy atom. The maximum atomic E-state index is 9.21. The Bertz CT molecular complexity index is 222. The lowest BCUT2D eigenvalue weighted by Crippen LogP contribution is -2.35. The van der Waals surface area contributed by atoms with Crippen molar-refractivity contribution in [2.75, 3.05) is 6.61 Å². The average molecular weight is 168 g/mol. The third kappa shape index (κ3) is 1.02. The summed E-state index contributed by atoms with van der Waals surface area (Å²) in [5.74, 6) is 0.524. The molecule has 2 aliphatic rings. The molecule has 68 valence electrons. The number of allylic oxidation sites excluding steroid dienone is 1. The lowest BCUT2D eigenvalue weighted by molar-refractivity contribution is -0.0642. The third-order valence-electron chi connectivity index (χ3n) is 3.32. The second-order valence-corrected chi connectivity index (χ2v) is 4.19. The maximum Gasteiger partial charge on any atom is 0.0924 e. The predicted octanol–water partition coefficient (Wildman–Crippen LogP) is 1.49. The smallest absolute Gasteiger partial charge is 0.0924 e. The number of aliphatic hydroxyl groups is 1. The van der Waals surface area contributed by atoms with E-state index in [0.29, 0.717) is 5.92 Å². The molecule has 1 aliphatic carbocycles. The molecule has 0 radical (unpaired) electrons. The minimum Gasteiger partial charge on any atom is -0.393 e. The molecule has 3 unspecified atom stereocenters. The fourth-order valence-corrected chi connectivity index (χ4v) is 2.23. The summed E-state index contributed by atoms with van der Waals surface area (Å²) >= 11 is 0. The van der Waals surface area contributed by atoms with E-state index in [1.807, 2.05) is 6.92 Å². The van der Waals surface area contributed by atoms with Gasteiger partial charge in [-0.3, -0.25) is 0 Å². The summed E-state index contributed by atoms with van der Waals surface area (Å²) in [5, 5.41) is 9.21. The molecule has 1 heterocycles. The lowest BCUT2D eigenvalue weighted by atomic mass is 9.82. The molecular weight excluding hydrogens is 152 g/mol. The molecule has 0 aromatic heterocycles. The van der Waals surface area contributed by atoms with E-state index in [0.717, 1.165) is 12.8 Å². The Hall–Kier alpha value is -0.340. The zero-order valence-electron chi connectivity index (χ0n) is 7.71. The Morgan fingerprint density at radius 2 is 2.50 bits per heavy atom. The summed E-state index contributed by atoms with van der Waals surface area (Å²) < 4.78 is 5.82. The van der Waals surface area contributed by atoms with Crippen molar-refractivity contribution in [1.82, 2.24) is 0 Å². The van der Waals surface area contributed by atoms with Crippen LogP contribution in [-0.4, -0.2) is 23.4 Å². The zero-order valence-corrected chi connectivity index (χ0v) is 7.71. The van der Waals surface area contributed by atoms with Crippen molar-refractivity contribution < 1.29 is 9.84 Å². The van der Waals surface area contributed by atoms with E-state index in [1.165, 1.54) is 5.57 Å². The van der Waals surface area contributed by atoms with Gasteiger partial charge in [-0.25, -0.2) is 0 Å². The third-order valence-corrected chi connectivity index (χ3v) is 3.32. The first-order chi connectivity index (χ1) is 5.65. The Morgan fingerprint density at radius 3 is 3.08 bits per heavy atom. The van der Waals surface area contributed by atoms with Crippen LogP contribution >= 0.6 is 0 Å². The number of aliphatic hydroxyl groups excluding tert-OH is 1. The summed E-state index contributed by atoms with van der Waals surface area (Å²) in [7, 11) is 0. The van der Waals surface area contributed by atoms with E-state index in [9.17, 15) is 5.11 Å². The van der Waals surface area contributed by atoms with Gasteiger partial charge in [0, 0.05) is 0 Å². The van der Waals surface area contributed by atoms with Gasteiger partial charge in [-0.15, -0.1) is 0 Å². The molecule has 0 saturated carbocycles. The first kappa shape index (κ1) is 8.27. The fourth-order valence-electron chi connectivity index (χ4n) is 2.23. The van der Waals surface area contributed by atoms with Crippen LogP contribution in [0.5, 0.6) is 0 Å². The molecule has 1 saturated heterocycles. The van der Waals surface area contributed by atoms with E-state index in [4.69, 9.17) is 4.74 Å². The standard InChI is InChI=1S/C10H16O2/c1-7-3-4-8-5-9(7)12-10(8,2)6-11/h3,8-9,11H,4-6H2,1-2H3. The summed E-state index contributed by atoms with van der Waals surface area (Å²) in [6.45, 7) is 4.28. The minimum atomic E-state index is -0.279. The normalized spacial score (nSPS) is 46.1. The van der Waals surface area contributed by atoms with Crippen LogP contribution in [0.4, 0.5) is 0 Å². The molecule has 2 rings (SSSR count). The molecule has 12 heavy (non-hydrogen) atoms. The molecule has 0 spiro atoms. The van der Waals surface area contributed by atoms with Gasteiger partial charge in [0.15, 0.2) is 0 Å². The largest absolute Gasteiger partial charge is 0.393 e. The van der Waals surface area contributed by atoms with Gasteiger partial charge in [0.25, 0.3) is 0 Å². The van der Waals surface area contributed by atoms with Gasteiger partial charge in [-0.05, 0) is 38.2 Å². The van der Waals surface area contributed by atoms with Gasteiger partial charge < -0.3 is 9.84 Å². The number of fused-ring (bicyclic) bond motifs is 2. The van der Waals surface area contributed by atoms with Crippen molar-refractivity contribution in [2.45, 2.75) is 38.4 Å². The van der Waals surface area contributed by atoms with Crippen LogP contribution in [0.2, 0.25) is 0 Å². The van der Waals surface area contributed by atoms with Crippen molar-refractivity contribution >= 4 is 0 Å². The molecule has 3 atom stereocenters. The average Bonchev–Trinajstić information content (AvgIpc) is 2.35. The van der Waals surface area contributed by atoms with Crippen LogP contribution in [-0.2, 0) is 4.74 Å². The molecule has 0 aromatic carbocycles. The van der Waals surface area contributed by atoms with Crippen molar-refractivity contribution in [3.63, 3.8) is 0 Å². The first-order valence-electron chi connectivity index (χ1n) is 4.61. The molecule has 0 aromatic rings. The van der Waals surface area contributed by atoms with E-state index in [2.05, 4.69) is 13.0 Å². The van der Waals surface area contributed by atoms with E-state index >= 15 is 0 Å². The monoisotopic (exact) mass is 168 g/mol. The zero-order chi connectivity index (χ0) is 8.77. The van der Waals surface area contributed by atoms with Crippen LogP contribution in [0, 0.1) is 5.92 Å². The summed E-state index contributed by atoms with van der Waals surface area (Å²) in [5.41, 5.74) is 1.06. The highest BCUT2D eigenvalue weighted by atomic mass is 16.5. The van der Waals surface area contributed by atoms with Gasteiger partial charge in [-0.2, -0.15) is 0 Å². The summed E-state index contributed by atoms with van der Waals surface area (Å²) in [6, 6.07) is 0. The van der Waals surface area contributed by atoms with Crippen LogP contribution in [0.25, 0.3) is 0 Å². The second-order valence-electron chi connectivity index (χ2n) is 4.19. The van der Waals surface area contributed by atoms with Crippen molar-refractivity contribution in [1.29, 1.82) is 0 Å².